The first kappa shape index (κ1) is 26.4. The van der Waals surface area contributed by atoms with Crippen LogP contribution in [0.4, 0.5) is 5.69 Å². The second-order valence-electron chi connectivity index (χ2n) is 8.22. The van der Waals surface area contributed by atoms with E-state index in [1.807, 2.05) is 0 Å². The van der Waals surface area contributed by atoms with Gasteiger partial charge in [0, 0.05) is 24.3 Å². The van der Waals surface area contributed by atoms with Gasteiger partial charge in [0.05, 0.1) is 23.8 Å². The number of ether oxygens (including phenoxy) is 4. The van der Waals surface area contributed by atoms with Gasteiger partial charge in [-0.2, -0.15) is 4.31 Å². The molecule has 0 aliphatic carbocycles. The van der Waals surface area contributed by atoms with Crippen molar-refractivity contribution in [3.63, 3.8) is 0 Å². The number of amides is 1. The van der Waals surface area contributed by atoms with Gasteiger partial charge in [0.2, 0.25) is 23.4 Å². The lowest BCUT2D eigenvalue weighted by Gasteiger charge is -2.26. The molecular formula is C24H27N3O9S. The van der Waals surface area contributed by atoms with Crippen LogP contribution in [-0.2, 0) is 33.9 Å². The van der Waals surface area contributed by atoms with E-state index in [2.05, 4.69) is 10.5 Å². The fourth-order valence-corrected chi connectivity index (χ4v) is 5.28. The molecule has 198 valence electrons. The predicted octanol–water partition coefficient (Wildman–Crippen LogP) is 1.67. The fourth-order valence-electron chi connectivity index (χ4n) is 3.62. The molecule has 4 rings (SSSR count). The van der Waals surface area contributed by atoms with E-state index in [0.29, 0.717) is 36.0 Å². The second kappa shape index (κ2) is 11.6. The summed E-state index contributed by atoms with van der Waals surface area (Å²) in [7, 11) is -3.74. The molecule has 0 saturated carbocycles. The van der Waals surface area contributed by atoms with Crippen molar-refractivity contribution in [3.05, 3.63) is 47.5 Å². The highest BCUT2D eigenvalue weighted by Gasteiger charge is 2.28. The van der Waals surface area contributed by atoms with Crippen molar-refractivity contribution in [2.45, 2.75) is 18.7 Å². The molecule has 0 bridgehead atoms. The number of carbonyl (C=O) groups excluding carboxylic acids is 2. The molecule has 1 saturated heterocycles. The van der Waals surface area contributed by atoms with Crippen LogP contribution in [0.25, 0.3) is 0 Å². The van der Waals surface area contributed by atoms with E-state index in [1.165, 1.54) is 10.4 Å². The highest BCUT2D eigenvalue weighted by molar-refractivity contribution is 7.89. The first-order chi connectivity index (χ1) is 17.7. The summed E-state index contributed by atoms with van der Waals surface area (Å²) in [6.07, 6.45) is 0. The molecule has 1 N–H and O–H groups in total. The molecule has 1 amide bonds. The van der Waals surface area contributed by atoms with Crippen molar-refractivity contribution in [2.24, 2.45) is 5.16 Å². The van der Waals surface area contributed by atoms with E-state index in [4.69, 9.17) is 23.8 Å². The van der Waals surface area contributed by atoms with Gasteiger partial charge < -0.3 is 29.1 Å². The predicted molar refractivity (Wildman–Crippen MR) is 131 cm³/mol. The molecule has 2 aromatic carbocycles. The van der Waals surface area contributed by atoms with Crippen LogP contribution in [0, 0.1) is 6.92 Å². The smallest absolute Gasteiger partial charge is 0.347 e. The Labute approximate surface area is 214 Å². The summed E-state index contributed by atoms with van der Waals surface area (Å²) >= 11 is 0. The van der Waals surface area contributed by atoms with E-state index < -0.39 is 35.1 Å². The van der Waals surface area contributed by atoms with Gasteiger partial charge in [-0.05, 0) is 49.7 Å². The zero-order valence-electron chi connectivity index (χ0n) is 20.4. The third kappa shape index (κ3) is 6.56. The first-order valence-corrected chi connectivity index (χ1v) is 12.9. The topological polar surface area (TPSA) is 142 Å². The second-order valence-corrected chi connectivity index (χ2v) is 10.1. The molecule has 2 aliphatic rings. The molecule has 12 nitrogen and oxygen atoms in total. The van der Waals surface area contributed by atoms with Crippen LogP contribution in [0.3, 0.4) is 0 Å². The Morgan fingerprint density at radius 3 is 2.59 bits per heavy atom. The van der Waals surface area contributed by atoms with Gasteiger partial charge in [-0.3, -0.25) is 4.79 Å². The molecule has 0 spiro atoms. The summed E-state index contributed by atoms with van der Waals surface area (Å²) < 4.78 is 48.1. The average Bonchev–Trinajstić information content (AvgIpc) is 3.37. The highest BCUT2D eigenvalue weighted by Crippen LogP contribution is 2.32. The number of aryl methyl sites for hydroxylation is 1. The highest BCUT2D eigenvalue weighted by atomic mass is 32.2. The van der Waals surface area contributed by atoms with Crippen molar-refractivity contribution in [1.29, 1.82) is 0 Å². The minimum atomic E-state index is -3.74. The van der Waals surface area contributed by atoms with Crippen LogP contribution in [0.15, 0.2) is 46.4 Å². The average molecular weight is 534 g/mol. The van der Waals surface area contributed by atoms with E-state index in [-0.39, 0.29) is 30.5 Å². The lowest BCUT2D eigenvalue weighted by Crippen LogP contribution is -2.40. The number of anilines is 1. The summed E-state index contributed by atoms with van der Waals surface area (Å²) in [5, 5.41) is 6.43. The number of sulfonamides is 1. The summed E-state index contributed by atoms with van der Waals surface area (Å²) in [6.45, 7) is 3.63. The van der Waals surface area contributed by atoms with Crippen molar-refractivity contribution in [3.8, 4) is 11.5 Å². The molecule has 2 aliphatic heterocycles. The minimum absolute atomic E-state index is 0.0910. The Morgan fingerprint density at radius 2 is 1.81 bits per heavy atom. The summed E-state index contributed by atoms with van der Waals surface area (Å²) in [6, 6.07) is 9.83. The van der Waals surface area contributed by atoms with Crippen molar-refractivity contribution in [1.82, 2.24) is 4.31 Å². The van der Waals surface area contributed by atoms with Gasteiger partial charge in [-0.1, -0.05) is 11.2 Å². The minimum Gasteiger partial charge on any atom is -0.454 e. The Hall–Kier alpha value is -3.68. The molecule has 2 heterocycles. The van der Waals surface area contributed by atoms with Crippen molar-refractivity contribution >= 4 is 33.3 Å². The van der Waals surface area contributed by atoms with Crippen LogP contribution >= 0.6 is 0 Å². The SMILES string of the molecule is CC(=NOCC(=O)OCC(=O)Nc1ccc(C)c(S(=O)(=O)N2CCOCC2)c1)c1ccc2c(c1)OCO2. The number of carbonyl (C=O) groups is 2. The molecule has 13 heteroatoms. The van der Waals surface area contributed by atoms with Crippen LogP contribution in [0.2, 0.25) is 0 Å². The molecule has 2 aromatic rings. The molecule has 0 radical (unpaired) electrons. The maximum Gasteiger partial charge on any atom is 0.347 e. The third-order valence-electron chi connectivity index (χ3n) is 5.60. The number of rotatable bonds is 9. The molecule has 0 unspecified atom stereocenters. The quantitative estimate of drug-likeness (QED) is 0.289. The number of esters is 1. The maximum atomic E-state index is 13.0. The largest absolute Gasteiger partial charge is 0.454 e. The van der Waals surface area contributed by atoms with Crippen LogP contribution in [0.5, 0.6) is 11.5 Å². The summed E-state index contributed by atoms with van der Waals surface area (Å²) in [5.74, 6) is -0.194. The monoisotopic (exact) mass is 533 g/mol. The zero-order chi connectivity index (χ0) is 26.4. The Bertz CT molecular complexity index is 1300. The normalized spacial score (nSPS) is 15.8. The van der Waals surface area contributed by atoms with Crippen molar-refractivity contribution in [2.75, 3.05) is 51.6 Å². The van der Waals surface area contributed by atoms with Crippen LogP contribution in [-0.4, -0.2) is 76.6 Å². The summed E-state index contributed by atoms with van der Waals surface area (Å²) in [5.41, 5.74) is 2.04. The van der Waals surface area contributed by atoms with Crippen LogP contribution in [0.1, 0.15) is 18.1 Å². The zero-order valence-corrected chi connectivity index (χ0v) is 21.2. The van der Waals surface area contributed by atoms with Crippen LogP contribution < -0.4 is 14.8 Å². The Kier molecular flexibility index (Phi) is 8.26. The number of hydrogen-bond acceptors (Lipinski definition) is 10. The number of oxime groups is 1. The van der Waals surface area contributed by atoms with Gasteiger partial charge in [-0.25, -0.2) is 13.2 Å². The van der Waals surface area contributed by atoms with E-state index in [0.717, 1.165) is 5.56 Å². The Balaban J connectivity index is 1.26. The first-order valence-electron chi connectivity index (χ1n) is 11.4. The lowest BCUT2D eigenvalue weighted by atomic mass is 10.1. The molecular weight excluding hydrogens is 506 g/mol. The third-order valence-corrected chi connectivity index (χ3v) is 7.64. The molecule has 1 fully saturated rings. The number of benzene rings is 2. The number of fused-ring (bicyclic) bond motifs is 1. The van der Waals surface area contributed by atoms with Gasteiger partial charge in [0.25, 0.3) is 5.91 Å². The van der Waals surface area contributed by atoms with E-state index in [1.54, 1.807) is 44.2 Å². The lowest BCUT2D eigenvalue weighted by molar-refractivity contribution is -0.151. The summed E-state index contributed by atoms with van der Waals surface area (Å²) in [4.78, 5) is 29.3. The van der Waals surface area contributed by atoms with E-state index >= 15 is 0 Å². The maximum absolute atomic E-state index is 13.0. The van der Waals surface area contributed by atoms with Gasteiger partial charge in [0.1, 0.15) is 0 Å². The van der Waals surface area contributed by atoms with Crippen molar-refractivity contribution < 1.29 is 41.8 Å². The van der Waals surface area contributed by atoms with Gasteiger partial charge in [-0.15, -0.1) is 0 Å². The standard InChI is InChI=1S/C24H27N3O9S/c1-16-3-5-19(12-22(16)37(30,31)27-7-9-32-10-8-27)25-23(28)13-33-24(29)14-36-26-17(2)18-4-6-20-21(11-18)35-15-34-20/h3-6,11-12H,7-10,13-15H2,1-2H3,(H,25,28). The van der Waals surface area contributed by atoms with E-state index in [9.17, 15) is 18.0 Å². The fraction of sp³-hybridized carbons (Fsp3) is 0.375. The molecule has 0 atom stereocenters. The molecule has 37 heavy (non-hydrogen) atoms. The number of morpholine rings is 1. The number of nitrogens with zero attached hydrogens (tertiary/aromatic N) is 2. The van der Waals surface area contributed by atoms with Gasteiger partial charge >= 0.3 is 5.97 Å². The number of hydrogen-bond donors (Lipinski definition) is 1. The molecule has 0 aromatic heterocycles. The van der Waals surface area contributed by atoms with Gasteiger partial charge in [0.15, 0.2) is 18.1 Å². The number of nitrogens with one attached hydrogen (secondary N) is 1. The Morgan fingerprint density at radius 1 is 1.05 bits per heavy atom.